The Bertz CT molecular complexity index is 183. The lowest BCUT2D eigenvalue weighted by molar-refractivity contribution is 0.0842. The van der Waals surface area contributed by atoms with E-state index in [2.05, 4.69) is 24.1 Å². The summed E-state index contributed by atoms with van der Waals surface area (Å²) >= 11 is 0. The predicted molar refractivity (Wildman–Crippen MR) is 68.8 cm³/mol. The van der Waals surface area contributed by atoms with E-state index in [1.807, 2.05) is 7.05 Å². The zero-order chi connectivity index (χ0) is 12.0. The molecule has 1 aliphatic rings. The van der Waals surface area contributed by atoms with Crippen molar-refractivity contribution in [3.63, 3.8) is 0 Å². The van der Waals surface area contributed by atoms with Crippen LogP contribution in [0.15, 0.2) is 0 Å². The van der Waals surface area contributed by atoms with Gasteiger partial charge in [-0.25, -0.2) is 0 Å². The number of nitrogens with zero attached hydrogens (tertiary/aromatic N) is 1. The average Bonchev–Trinajstić information content (AvgIpc) is 3.10. The molecule has 3 heteroatoms. The zero-order valence-electron chi connectivity index (χ0n) is 11.3. The fraction of sp³-hybridized carbons (Fsp3) is 1.00. The minimum atomic E-state index is 0.651. The lowest BCUT2D eigenvalue weighted by Gasteiger charge is -2.34. The van der Waals surface area contributed by atoms with Crippen molar-refractivity contribution in [2.75, 3.05) is 33.9 Å². The van der Waals surface area contributed by atoms with Gasteiger partial charge in [-0.3, -0.25) is 4.90 Å². The second-order valence-corrected chi connectivity index (χ2v) is 5.05. The lowest BCUT2D eigenvalue weighted by Crippen LogP contribution is -2.44. The highest BCUT2D eigenvalue weighted by Gasteiger charge is 2.33. The number of hydrogen-bond donors (Lipinski definition) is 1. The van der Waals surface area contributed by atoms with Gasteiger partial charge in [-0.2, -0.15) is 0 Å². The van der Waals surface area contributed by atoms with E-state index in [1.54, 1.807) is 7.11 Å². The standard InChI is InChI=1S/C13H28N2O/c1-11(7-8-14-3)15(9-10-16-4)12(2)13-5-6-13/h11-14H,5-10H2,1-4H3. The second kappa shape index (κ2) is 7.25. The number of nitrogens with one attached hydrogen (secondary N) is 1. The van der Waals surface area contributed by atoms with Crippen LogP contribution in [0.5, 0.6) is 0 Å². The molecule has 0 aromatic heterocycles. The molecular formula is C13H28N2O. The van der Waals surface area contributed by atoms with Gasteiger partial charge in [0.05, 0.1) is 6.61 Å². The van der Waals surface area contributed by atoms with E-state index in [0.29, 0.717) is 6.04 Å². The number of rotatable bonds is 9. The van der Waals surface area contributed by atoms with Crippen LogP contribution in [0.25, 0.3) is 0 Å². The normalized spacial score (nSPS) is 20.1. The van der Waals surface area contributed by atoms with Gasteiger partial charge < -0.3 is 10.1 Å². The molecule has 0 saturated heterocycles. The number of hydrogen-bond acceptors (Lipinski definition) is 3. The molecule has 0 aliphatic heterocycles. The maximum Gasteiger partial charge on any atom is 0.0589 e. The molecule has 0 radical (unpaired) electrons. The van der Waals surface area contributed by atoms with Crippen molar-refractivity contribution in [1.82, 2.24) is 10.2 Å². The van der Waals surface area contributed by atoms with Crippen LogP contribution in [0, 0.1) is 5.92 Å². The van der Waals surface area contributed by atoms with Crippen molar-refractivity contribution in [2.24, 2.45) is 5.92 Å². The summed E-state index contributed by atoms with van der Waals surface area (Å²) in [5.41, 5.74) is 0. The van der Waals surface area contributed by atoms with Crippen molar-refractivity contribution in [3.05, 3.63) is 0 Å². The number of ether oxygens (including phenoxy) is 1. The molecule has 1 N–H and O–H groups in total. The first kappa shape index (κ1) is 13.9. The average molecular weight is 228 g/mol. The van der Waals surface area contributed by atoms with E-state index in [-0.39, 0.29) is 0 Å². The highest BCUT2D eigenvalue weighted by atomic mass is 16.5. The smallest absolute Gasteiger partial charge is 0.0589 e. The number of methoxy groups -OCH3 is 1. The van der Waals surface area contributed by atoms with Gasteiger partial charge in [-0.05, 0) is 52.6 Å². The lowest BCUT2D eigenvalue weighted by atomic mass is 10.1. The highest BCUT2D eigenvalue weighted by molar-refractivity contribution is 4.87. The Balaban J connectivity index is 2.40. The van der Waals surface area contributed by atoms with E-state index in [0.717, 1.165) is 31.7 Å². The Morgan fingerprint density at radius 2 is 2.06 bits per heavy atom. The Hall–Kier alpha value is -0.120. The molecule has 0 bridgehead atoms. The maximum absolute atomic E-state index is 5.22. The molecule has 0 aromatic rings. The minimum Gasteiger partial charge on any atom is -0.383 e. The van der Waals surface area contributed by atoms with Gasteiger partial charge in [0, 0.05) is 25.7 Å². The van der Waals surface area contributed by atoms with Crippen LogP contribution in [0.2, 0.25) is 0 Å². The molecule has 0 spiro atoms. The van der Waals surface area contributed by atoms with Crippen LogP contribution >= 0.6 is 0 Å². The summed E-state index contributed by atoms with van der Waals surface area (Å²) in [5.74, 6) is 0.939. The van der Waals surface area contributed by atoms with Gasteiger partial charge in [0.2, 0.25) is 0 Å². The van der Waals surface area contributed by atoms with Gasteiger partial charge in [0.1, 0.15) is 0 Å². The van der Waals surface area contributed by atoms with Crippen LogP contribution in [-0.2, 0) is 4.74 Å². The van der Waals surface area contributed by atoms with Crippen molar-refractivity contribution in [3.8, 4) is 0 Å². The van der Waals surface area contributed by atoms with Crippen LogP contribution < -0.4 is 5.32 Å². The molecule has 0 amide bonds. The third-order valence-corrected chi connectivity index (χ3v) is 3.76. The molecular weight excluding hydrogens is 200 g/mol. The van der Waals surface area contributed by atoms with Crippen LogP contribution in [-0.4, -0.2) is 50.8 Å². The van der Waals surface area contributed by atoms with E-state index < -0.39 is 0 Å². The Labute approximate surface area is 101 Å². The fourth-order valence-corrected chi connectivity index (χ4v) is 2.39. The first-order chi connectivity index (χ1) is 7.70. The van der Waals surface area contributed by atoms with Crippen molar-refractivity contribution in [2.45, 2.75) is 45.2 Å². The van der Waals surface area contributed by atoms with E-state index in [1.165, 1.54) is 19.3 Å². The van der Waals surface area contributed by atoms with Crippen LogP contribution in [0.3, 0.4) is 0 Å². The quantitative estimate of drug-likeness (QED) is 0.650. The summed E-state index contributed by atoms with van der Waals surface area (Å²) in [6.07, 6.45) is 4.06. The predicted octanol–water partition coefficient (Wildman–Crippen LogP) is 1.73. The Kier molecular flexibility index (Phi) is 6.32. The topological polar surface area (TPSA) is 24.5 Å². The summed E-state index contributed by atoms with van der Waals surface area (Å²) in [4.78, 5) is 2.62. The summed E-state index contributed by atoms with van der Waals surface area (Å²) in [6.45, 7) is 7.73. The molecule has 96 valence electrons. The van der Waals surface area contributed by atoms with Gasteiger partial charge in [-0.1, -0.05) is 0 Å². The summed E-state index contributed by atoms with van der Waals surface area (Å²) in [5, 5.41) is 3.24. The SMILES string of the molecule is CNCCC(C)N(CCOC)C(C)C1CC1. The largest absolute Gasteiger partial charge is 0.383 e. The fourth-order valence-electron chi connectivity index (χ4n) is 2.39. The molecule has 1 aliphatic carbocycles. The first-order valence-corrected chi connectivity index (χ1v) is 6.60. The zero-order valence-corrected chi connectivity index (χ0v) is 11.3. The molecule has 1 fully saturated rings. The van der Waals surface area contributed by atoms with Crippen molar-refractivity contribution >= 4 is 0 Å². The van der Waals surface area contributed by atoms with Gasteiger partial charge in [0.15, 0.2) is 0 Å². The molecule has 0 heterocycles. The molecule has 2 unspecified atom stereocenters. The Morgan fingerprint density at radius 3 is 2.56 bits per heavy atom. The second-order valence-electron chi connectivity index (χ2n) is 5.05. The minimum absolute atomic E-state index is 0.651. The summed E-state index contributed by atoms with van der Waals surface area (Å²) in [7, 11) is 3.81. The van der Waals surface area contributed by atoms with Crippen LogP contribution in [0.1, 0.15) is 33.1 Å². The third-order valence-electron chi connectivity index (χ3n) is 3.76. The summed E-state index contributed by atoms with van der Waals surface area (Å²) in [6, 6.07) is 1.38. The first-order valence-electron chi connectivity index (χ1n) is 6.60. The third kappa shape index (κ3) is 4.40. The molecule has 3 nitrogen and oxygen atoms in total. The van der Waals surface area contributed by atoms with Gasteiger partial charge in [0.25, 0.3) is 0 Å². The Morgan fingerprint density at radius 1 is 1.38 bits per heavy atom. The maximum atomic E-state index is 5.22. The summed E-state index contributed by atoms with van der Waals surface area (Å²) < 4.78 is 5.22. The highest BCUT2D eigenvalue weighted by Crippen LogP contribution is 2.35. The van der Waals surface area contributed by atoms with Gasteiger partial charge in [-0.15, -0.1) is 0 Å². The molecule has 1 saturated carbocycles. The van der Waals surface area contributed by atoms with E-state index >= 15 is 0 Å². The molecule has 1 rings (SSSR count). The van der Waals surface area contributed by atoms with Crippen molar-refractivity contribution < 1.29 is 4.74 Å². The molecule has 0 aromatic carbocycles. The monoisotopic (exact) mass is 228 g/mol. The molecule has 16 heavy (non-hydrogen) atoms. The molecule has 2 atom stereocenters. The van der Waals surface area contributed by atoms with E-state index in [9.17, 15) is 0 Å². The van der Waals surface area contributed by atoms with Gasteiger partial charge >= 0.3 is 0 Å². The van der Waals surface area contributed by atoms with E-state index in [4.69, 9.17) is 4.74 Å². The van der Waals surface area contributed by atoms with Crippen LogP contribution in [0.4, 0.5) is 0 Å². The van der Waals surface area contributed by atoms with Crippen molar-refractivity contribution in [1.29, 1.82) is 0 Å².